The molecule has 1 fully saturated rings. The number of hydrogen-bond donors (Lipinski definition) is 0. The average Bonchev–Trinajstić information content (AvgIpc) is 3.32. The molecule has 1 aromatic heterocycles. The minimum atomic E-state index is 0.109. The molecule has 2 aliphatic heterocycles. The van der Waals surface area contributed by atoms with Gasteiger partial charge in [-0.05, 0) is 18.1 Å². The number of ether oxygens (including phenoxy) is 1. The van der Waals surface area contributed by atoms with Crippen LogP contribution in [-0.2, 0) is 29.0 Å². The van der Waals surface area contributed by atoms with Crippen LogP contribution in [0, 0.1) is 0 Å². The minimum Gasteiger partial charge on any atom is -0.379 e. The molecular weight excluding hydrogens is 374 g/mol. The standard InChI is InChI=1S/C20H25N5O2S/c1-2-8-25-18(14-23-10-12-27-13-11-23)21-22-20(25)28-15-19(26)24-9-7-16-5-3-4-6-17(16)24/h2-6H,1,7-15H2. The number of carbonyl (C=O) groups is 1. The molecule has 0 N–H and O–H groups in total. The van der Waals surface area contributed by atoms with Crippen molar-refractivity contribution < 1.29 is 9.53 Å². The van der Waals surface area contributed by atoms with E-state index in [0.717, 1.165) is 62.5 Å². The van der Waals surface area contributed by atoms with Gasteiger partial charge in [0.05, 0.1) is 25.5 Å². The molecule has 1 saturated heterocycles. The van der Waals surface area contributed by atoms with Crippen LogP contribution in [0.5, 0.6) is 0 Å². The topological polar surface area (TPSA) is 63.5 Å². The highest BCUT2D eigenvalue weighted by Gasteiger charge is 2.25. The molecule has 3 heterocycles. The number of para-hydroxylation sites is 1. The summed E-state index contributed by atoms with van der Waals surface area (Å²) in [6, 6.07) is 8.12. The van der Waals surface area contributed by atoms with Gasteiger partial charge in [0.2, 0.25) is 5.91 Å². The average molecular weight is 400 g/mol. The van der Waals surface area contributed by atoms with Crippen molar-refractivity contribution in [3.05, 3.63) is 48.3 Å². The van der Waals surface area contributed by atoms with Gasteiger partial charge >= 0.3 is 0 Å². The zero-order valence-corrected chi connectivity index (χ0v) is 16.7. The molecule has 1 aromatic carbocycles. The van der Waals surface area contributed by atoms with E-state index in [1.807, 2.05) is 29.2 Å². The maximum absolute atomic E-state index is 12.8. The van der Waals surface area contributed by atoms with Gasteiger partial charge in [0.15, 0.2) is 5.16 Å². The molecule has 1 amide bonds. The molecule has 0 atom stereocenters. The molecule has 2 aliphatic rings. The van der Waals surface area contributed by atoms with E-state index in [2.05, 4.69) is 32.3 Å². The quantitative estimate of drug-likeness (QED) is 0.524. The van der Waals surface area contributed by atoms with Crippen molar-refractivity contribution in [1.29, 1.82) is 0 Å². The highest BCUT2D eigenvalue weighted by molar-refractivity contribution is 7.99. The van der Waals surface area contributed by atoms with E-state index < -0.39 is 0 Å². The van der Waals surface area contributed by atoms with Gasteiger partial charge in [0.1, 0.15) is 5.82 Å². The maximum Gasteiger partial charge on any atom is 0.237 e. The third kappa shape index (κ3) is 4.14. The summed E-state index contributed by atoms with van der Waals surface area (Å²) >= 11 is 1.45. The fourth-order valence-electron chi connectivity index (χ4n) is 3.62. The lowest BCUT2D eigenvalue weighted by molar-refractivity contribution is -0.116. The molecule has 28 heavy (non-hydrogen) atoms. The zero-order chi connectivity index (χ0) is 19.3. The Morgan fingerprint density at radius 2 is 2.04 bits per heavy atom. The number of fused-ring (bicyclic) bond motifs is 1. The highest BCUT2D eigenvalue weighted by Crippen LogP contribution is 2.28. The van der Waals surface area contributed by atoms with Crippen LogP contribution in [0.1, 0.15) is 11.4 Å². The normalized spacial score (nSPS) is 16.9. The lowest BCUT2D eigenvalue weighted by Gasteiger charge is -2.26. The Morgan fingerprint density at radius 3 is 2.86 bits per heavy atom. The summed E-state index contributed by atoms with van der Waals surface area (Å²) in [4.78, 5) is 17.0. The Labute approximate surface area is 169 Å². The number of thioether (sulfide) groups is 1. The number of carbonyl (C=O) groups excluding carboxylic acids is 1. The lowest BCUT2D eigenvalue weighted by atomic mass is 10.2. The molecule has 4 rings (SSSR count). The van der Waals surface area contributed by atoms with Gasteiger partial charge in [-0.15, -0.1) is 16.8 Å². The van der Waals surface area contributed by atoms with E-state index >= 15 is 0 Å². The van der Waals surface area contributed by atoms with E-state index in [0.29, 0.717) is 12.3 Å². The van der Waals surface area contributed by atoms with Crippen molar-refractivity contribution in [2.75, 3.05) is 43.5 Å². The summed E-state index contributed by atoms with van der Waals surface area (Å²) in [5, 5.41) is 9.49. The van der Waals surface area contributed by atoms with Crippen LogP contribution in [0.25, 0.3) is 0 Å². The van der Waals surface area contributed by atoms with Crippen LogP contribution in [0.4, 0.5) is 5.69 Å². The smallest absolute Gasteiger partial charge is 0.237 e. The second kappa shape index (κ2) is 8.89. The summed E-state index contributed by atoms with van der Waals surface area (Å²) in [5.74, 6) is 1.36. The van der Waals surface area contributed by atoms with Crippen LogP contribution < -0.4 is 4.90 Å². The molecule has 0 unspecified atom stereocenters. The number of hydrogen-bond acceptors (Lipinski definition) is 6. The number of benzene rings is 1. The number of rotatable bonds is 7. The second-order valence-corrected chi connectivity index (χ2v) is 7.84. The van der Waals surface area contributed by atoms with Gasteiger partial charge in [-0.2, -0.15) is 0 Å². The Hall–Kier alpha value is -2.16. The highest BCUT2D eigenvalue weighted by atomic mass is 32.2. The van der Waals surface area contributed by atoms with E-state index in [1.54, 1.807) is 0 Å². The summed E-state index contributed by atoms with van der Waals surface area (Å²) in [6.45, 7) is 9.28. The van der Waals surface area contributed by atoms with Gasteiger partial charge in [0, 0.05) is 31.9 Å². The summed E-state index contributed by atoms with van der Waals surface area (Å²) in [6.07, 6.45) is 2.76. The molecule has 0 aliphatic carbocycles. The van der Waals surface area contributed by atoms with E-state index in [9.17, 15) is 4.79 Å². The van der Waals surface area contributed by atoms with Crippen LogP contribution in [0.15, 0.2) is 42.1 Å². The monoisotopic (exact) mass is 399 g/mol. The molecule has 0 bridgehead atoms. The number of nitrogens with zero attached hydrogens (tertiary/aromatic N) is 5. The SMILES string of the molecule is C=CCn1c(CN2CCOCC2)nnc1SCC(=O)N1CCc2ccccc21. The Morgan fingerprint density at radius 1 is 1.21 bits per heavy atom. The molecule has 148 valence electrons. The van der Waals surface area contributed by atoms with Crippen LogP contribution in [0.2, 0.25) is 0 Å². The van der Waals surface area contributed by atoms with Crippen molar-refractivity contribution in [3.63, 3.8) is 0 Å². The number of aromatic nitrogens is 3. The summed E-state index contributed by atoms with van der Waals surface area (Å²) in [5.41, 5.74) is 2.28. The van der Waals surface area contributed by atoms with E-state index in [4.69, 9.17) is 4.74 Å². The van der Waals surface area contributed by atoms with Crippen molar-refractivity contribution in [3.8, 4) is 0 Å². The summed E-state index contributed by atoms with van der Waals surface area (Å²) < 4.78 is 7.47. The first kappa shape index (κ1) is 19.2. The van der Waals surface area contributed by atoms with Crippen molar-refractivity contribution in [1.82, 2.24) is 19.7 Å². The Kier molecular flexibility index (Phi) is 6.09. The molecule has 2 aromatic rings. The van der Waals surface area contributed by atoms with Gasteiger partial charge in [0.25, 0.3) is 0 Å². The van der Waals surface area contributed by atoms with Gasteiger partial charge in [-0.3, -0.25) is 9.69 Å². The molecular formula is C20H25N5O2S. The first-order valence-electron chi connectivity index (χ1n) is 9.60. The van der Waals surface area contributed by atoms with Crippen molar-refractivity contribution >= 4 is 23.4 Å². The first-order valence-corrected chi connectivity index (χ1v) is 10.6. The number of anilines is 1. The molecule has 8 heteroatoms. The number of morpholine rings is 1. The van der Waals surface area contributed by atoms with E-state index in [-0.39, 0.29) is 5.91 Å². The van der Waals surface area contributed by atoms with Gasteiger partial charge in [-0.25, -0.2) is 0 Å². The van der Waals surface area contributed by atoms with Crippen LogP contribution >= 0.6 is 11.8 Å². The van der Waals surface area contributed by atoms with Crippen LogP contribution in [-0.4, -0.2) is 64.2 Å². The molecule has 7 nitrogen and oxygen atoms in total. The predicted molar refractivity (Wildman–Crippen MR) is 110 cm³/mol. The molecule has 0 saturated carbocycles. The van der Waals surface area contributed by atoms with Gasteiger partial charge in [-0.1, -0.05) is 36.0 Å². The third-order valence-electron chi connectivity index (χ3n) is 5.09. The maximum atomic E-state index is 12.8. The molecule has 0 radical (unpaired) electrons. The van der Waals surface area contributed by atoms with E-state index in [1.165, 1.54) is 17.3 Å². The minimum absolute atomic E-state index is 0.109. The third-order valence-corrected chi connectivity index (χ3v) is 6.04. The largest absolute Gasteiger partial charge is 0.379 e. The van der Waals surface area contributed by atoms with Crippen molar-refractivity contribution in [2.45, 2.75) is 24.7 Å². The second-order valence-electron chi connectivity index (χ2n) is 6.90. The lowest BCUT2D eigenvalue weighted by Crippen LogP contribution is -2.36. The Bertz CT molecular complexity index is 847. The summed E-state index contributed by atoms with van der Waals surface area (Å²) in [7, 11) is 0. The van der Waals surface area contributed by atoms with Crippen LogP contribution in [0.3, 0.4) is 0 Å². The number of amides is 1. The predicted octanol–water partition coefficient (Wildman–Crippen LogP) is 1.98. The fraction of sp³-hybridized carbons (Fsp3) is 0.450. The van der Waals surface area contributed by atoms with Crippen molar-refractivity contribution in [2.24, 2.45) is 0 Å². The van der Waals surface area contributed by atoms with Gasteiger partial charge < -0.3 is 14.2 Å². The Balaban J connectivity index is 1.41. The zero-order valence-electron chi connectivity index (χ0n) is 15.9. The first-order chi connectivity index (χ1) is 13.8. The fourth-order valence-corrected chi connectivity index (χ4v) is 4.46. The molecule has 0 spiro atoms. The number of allylic oxidation sites excluding steroid dienone is 1.